The summed E-state index contributed by atoms with van der Waals surface area (Å²) in [5.41, 5.74) is 4.00. The van der Waals surface area contributed by atoms with E-state index < -0.39 is 0 Å². The number of hydrogen-bond donors (Lipinski definition) is 1. The van der Waals surface area contributed by atoms with E-state index in [1.54, 1.807) is 0 Å². The summed E-state index contributed by atoms with van der Waals surface area (Å²) in [5.74, 6) is 1.91. The number of hydrogen-bond acceptors (Lipinski definition) is 3. The molecule has 0 fully saturated rings. The summed E-state index contributed by atoms with van der Waals surface area (Å²) in [6, 6.07) is 15.0. The van der Waals surface area contributed by atoms with Gasteiger partial charge < -0.3 is 14.8 Å². The van der Waals surface area contributed by atoms with Gasteiger partial charge >= 0.3 is 0 Å². The predicted molar refractivity (Wildman–Crippen MR) is 151 cm³/mol. The maximum atomic E-state index is 6.27. The summed E-state index contributed by atoms with van der Waals surface area (Å²) in [4.78, 5) is 0. The Hall–Kier alpha value is -2.00. The van der Waals surface area contributed by atoms with Gasteiger partial charge in [-0.3, -0.25) is 0 Å². The normalized spacial score (nSPS) is 11.1. The standard InChI is InChI=1S/C32H51NO2/c1-4-6-8-10-12-16-24-34-31-21-20-30(27-33-23-22-29-19-15-14-18-28(29)3)32(26-31)35-25-17-13-11-9-7-5-2/h14-15,18-21,26,33H,4-13,16-17,22-25,27H2,1-3H3. The maximum Gasteiger partial charge on any atom is 0.127 e. The zero-order valence-electron chi connectivity index (χ0n) is 22.9. The van der Waals surface area contributed by atoms with E-state index in [4.69, 9.17) is 9.47 Å². The van der Waals surface area contributed by atoms with Gasteiger partial charge in [0, 0.05) is 18.2 Å². The van der Waals surface area contributed by atoms with Crippen LogP contribution in [0.5, 0.6) is 11.5 Å². The van der Waals surface area contributed by atoms with E-state index in [2.05, 4.69) is 68.6 Å². The van der Waals surface area contributed by atoms with Crippen molar-refractivity contribution < 1.29 is 9.47 Å². The van der Waals surface area contributed by atoms with Crippen LogP contribution in [0.25, 0.3) is 0 Å². The Kier molecular flexibility index (Phi) is 16.1. The van der Waals surface area contributed by atoms with Crippen LogP contribution in [-0.2, 0) is 13.0 Å². The molecule has 35 heavy (non-hydrogen) atoms. The van der Waals surface area contributed by atoms with Crippen molar-refractivity contribution in [2.45, 2.75) is 111 Å². The molecule has 196 valence electrons. The van der Waals surface area contributed by atoms with Crippen LogP contribution in [0.2, 0.25) is 0 Å². The largest absolute Gasteiger partial charge is 0.493 e. The first-order chi connectivity index (χ1) is 17.2. The minimum Gasteiger partial charge on any atom is -0.493 e. The molecule has 0 spiro atoms. The Morgan fingerprint density at radius 3 is 1.97 bits per heavy atom. The number of unbranched alkanes of at least 4 members (excludes halogenated alkanes) is 10. The highest BCUT2D eigenvalue weighted by atomic mass is 16.5. The molecular formula is C32H51NO2. The number of benzene rings is 2. The molecule has 2 aromatic carbocycles. The van der Waals surface area contributed by atoms with Crippen LogP contribution < -0.4 is 14.8 Å². The van der Waals surface area contributed by atoms with Crippen molar-refractivity contribution in [2.75, 3.05) is 19.8 Å². The van der Waals surface area contributed by atoms with Gasteiger partial charge in [0.2, 0.25) is 0 Å². The molecule has 0 bridgehead atoms. The minimum atomic E-state index is 0.781. The second kappa shape index (κ2) is 19.2. The number of aryl methyl sites for hydroxylation is 1. The van der Waals surface area contributed by atoms with Gasteiger partial charge in [-0.05, 0) is 49.9 Å². The molecule has 0 aliphatic heterocycles. The van der Waals surface area contributed by atoms with Gasteiger partial charge in [0.05, 0.1) is 13.2 Å². The van der Waals surface area contributed by atoms with Crippen LogP contribution in [0.15, 0.2) is 42.5 Å². The average molecular weight is 482 g/mol. The highest BCUT2D eigenvalue weighted by Gasteiger charge is 2.07. The molecule has 2 aromatic rings. The summed E-state index contributed by atoms with van der Waals surface area (Å²) in [7, 11) is 0. The molecule has 0 radical (unpaired) electrons. The molecule has 3 nitrogen and oxygen atoms in total. The van der Waals surface area contributed by atoms with E-state index in [-0.39, 0.29) is 0 Å². The van der Waals surface area contributed by atoms with Crippen molar-refractivity contribution in [1.29, 1.82) is 0 Å². The molecule has 0 atom stereocenters. The third kappa shape index (κ3) is 13.0. The van der Waals surface area contributed by atoms with Crippen LogP contribution in [0.4, 0.5) is 0 Å². The SMILES string of the molecule is CCCCCCCCOc1ccc(CNCCc2ccccc2C)c(OCCCCCCCC)c1. The summed E-state index contributed by atoms with van der Waals surface area (Å²) >= 11 is 0. The lowest BCUT2D eigenvalue weighted by Crippen LogP contribution is -2.18. The molecule has 0 aliphatic carbocycles. The molecule has 3 heteroatoms. The van der Waals surface area contributed by atoms with Gasteiger partial charge in [0.25, 0.3) is 0 Å². The lowest BCUT2D eigenvalue weighted by Gasteiger charge is -2.15. The van der Waals surface area contributed by atoms with Crippen LogP contribution in [-0.4, -0.2) is 19.8 Å². The van der Waals surface area contributed by atoms with E-state index in [1.165, 1.54) is 80.9 Å². The van der Waals surface area contributed by atoms with E-state index >= 15 is 0 Å². The Labute approximate surface area is 216 Å². The maximum absolute atomic E-state index is 6.27. The Balaban J connectivity index is 1.82. The van der Waals surface area contributed by atoms with Crippen LogP contribution >= 0.6 is 0 Å². The van der Waals surface area contributed by atoms with Gasteiger partial charge in [-0.2, -0.15) is 0 Å². The highest BCUT2D eigenvalue weighted by molar-refractivity contribution is 5.40. The zero-order chi connectivity index (χ0) is 25.0. The number of ether oxygens (including phenoxy) is 2. The summed E-state index contributed by atoms with van der Waals surface area (Å²) in [6.07, 6.45) is 16.4. The number of rotatable bonds is 21. The summed E-state index contributed by atoms with van der Waals surface area (Å²) in [6.45, 7) is 10.1. The minimum absolute atomic E-state index is 0.781. The predicted octanol–water partition coefficient (Wildman–Crippen LogP) is 8.81. The van der Waals surface area contributed by atoms with E-state index in [1.807, 2.05) is 0 Å². The molecule has 0 amide bonds. The Morgan fingerprint density at radius 1 is 0.657 bits per heavy atom. The van der Waals surface area contributed by atoms with E-state index in [9.17, 15) is 0 Å². The molecule has 0 heterocycles. The van der Waals surface area contributed by atoms with Crippen LogP contribution in [0, 0.1) is 6.92 Å². The van der Waals surface area contributed by atoms with Crippen molar-refractivity contribution in [3.63, 3.8) is 0 Å². The lowest BCUT2D eigenvalue weighted by molar-refractivity contribution is 0.287. The average Bonchev–Trinajstić information content (AvgIpc) is 2.87. The molecule has 1 N–H and O–H groups in total. The second-order valence-electron chi connectivity index (χ2n) is 9.86. The van der Waals surface area contributed by atoms with Crippen molar-refractivity contribution in [2.24, 2.45) is 0 Å². The zero-order valence-corrected chi connectivity index (χ0v) is 22.9. The monoisotopic (exact) mass is 481 g/mol. The van der Waals surface area contributed by atoms with Crippen molar-refractivity contribution in [1.82, 2.24) is 5.32 Å². The van der Waals surface area contributed by atoms with E-state index in [0.29, 0.717) is 0 Å². The molecule has 0 aliphatic rings. The smallest absolute Gasteiger partial charge is 0.127 e. The summed E-state index contributed by atoms with van der Waals surface area (Å²) < 4.78 is 12.3. The molecular weight excluding hydrogens is 430 g/mol. The first kappa shape index (κ1) is 29.2. The van der Waals surface area contributed by atoms with Gasteiger partial charge in [-0.25, -0.2) is 0 Å². The number of nitrogens with one attached hydrogen (secondary N) is 1. The van der Waals surface area contributed by atoms with Crippen LogP contribution in [0.1, 0.15) is 108 Å². The first-order valence-electron chi connectivity index (χ1n) is 14.4. The van der Waals surface area contributed by atoms with E-state index in [0.717, 1.165) is 57.1 Å². The molecule has 0 saturated heterocycles. The third-order valence-electron chi connectivity index (χ3n) is 6.71. The van der Waals surface area contributed by atoms with Crippen molar-refractivity contribution in [3.05, 3.63) is 59.2 Å². The molecule has 0 unspecified atom stereocenters. The molecule has 0 aromatic heterocycles. The molecule has 0 saturated carbocycles. The van der Waals surface area contributed by atoms with Gasteiger partial charge in [-0.1, -0.05) is 108 Å². The fourth-order valence-electron chi connectivity index (χ4n) is 4.38. The fraction of sp³-hybridized carbons (Fsp3) is 0.625. The highest BCUT2D eigenvalue weighted by Crippen LogP contribution is 2.26. The Morgan fingerprint density at radius 2 is 1.29 bits per heavy atom. The third-order valence-corrected chi connectivity index (χ3v) is 6.71. The topological polar surface area (TPSA) is 30.5 Å². The first-order valence-corrected chi connectivity index (χ1v) is 14.4. The summed E-state index contributed by atoms with van der Waals surface area (Å²) in [5, 5.41) is 3.62. The van der Waals surface area contributed by atoms with Crippen molar-refractivity contribution in [3.8, 4) is 11.5 Å². The fourth-order valence-corrected chi connectivity index (χ4v) is 4.38. The Bertz CT molecular complexity index is 789. The lowest BCUT2D eigenvalue weighted by atomic mass is 10.1. The quantitative estimate of drug-likeness (QED) is 0.181. The van der Waals surface area contributed by atoms with Gasteiger partial charge in [-0.15, -0.1) is 0 Å². The van der Waals surface area contributed by atoms with Crippen LogP contribution in [0.3, 0.4) is 0 Å². The van der Waals surface area contributed by atoms with Gasteiger partial charge in [0.15, 0.2) is 0 Å². The van der Waals surface area contributed by atoms with Gasteiger partial charge in [0.1, 0.15) is 11.5 Å². The second-order valence-corrected chi connectivity index (χ2v) is 9.86. The van der Waals surface area contributed by atoms with Crippen molar-refractivity contribution >= 4 is 0 Å². The molecule has 2 rings (SSSR count).